The van der Waals surface area contributed by atoms with E-state index in [9.17, 15) is 14.4 Å². The molecule has 0 bridgehead atoms. The second kappa shape index (κ2) is 13.1. The summed E-state index contributed by atoms with van der Waals surface area (Å²) in [7, 11) is 4.73. The van der Waals surface area contributed by atoms with Crippen LogP contribution in [0.4, 0.5) is 11.5 Å². The number of fused-ring (bicyclic) bond motifs is 2. The summed E-state index contributed by atoms with van der Waals surface area (Å²) in [4.78, 5) is 50.3. The van der Waals surface area contributed by atoms with Crippen molar-refractivity contribution in [3.8, 4) is 28.3 Å². The Labute approximate surface area is 310 Å². The van der Waals surface area contributed by atoms with E-state index in [1.807, 2.05) is 30.3 Å². The lowest BCUT2D eigenvalue weighted by atomic mass is 9.88. The van der Waals surface area contributed by atoms with E-state index in [0.717, 1.165) is 60.9 Å². The monoisotopic (exact) mass is 739 g/mol. The average molecular weight is 741 g/mol. The van der Waals surface area contributed by atoms with Crippen LogP contribution in [-0.4, -0.2) is 55.6 Å². The van der Waals surface area contributed by atoms with Crippen molar-refractivity contribution in [1.82, 2.24) is 29.3 Å². The van der Waals surface area contributed by atoms with E-state index in [1.54, 1.807) is 33.2 Å². The van der Waals surface area contributed by atoms with Gasteiger partial charge in [0, 0.05) is 67.6 Å². The van der Waals surface area contributed by atoms with Crippen LogP contribution >= 0.6 is 23.2 Å². The number of halogens is 2. The molecule has 5 heterocycles. The largest absolute Gasteiger partial charge is 0.481 e. The molecule has 8 rings (SSSR count). The molecule has 2 N–H and O–H groups in total. The number of hydrogen-bond acceptors (Lipinski definition) is 8. The molecule has 13 heteroatoms. The lowest BCUT2D eigenvalue weighted by Crippen LogP contribution is -2.53. The molecule has 11 nitrogen and oxygen atoms in total. The fraction of sp³-hybridized carbons (Fsp3) is 0.359. The number of anilines is 2. The molecule has 3 aromatic heterocycles. The third-order valence-electron chi connectivity index (χ3n) is 11.0. The summed E-state index contributed by atoms with van der Waals surface area (Å²) in [5, 5.41) is 7.73. The van der Waals surface area contributed by atoms with Gasteiger partial charge in [-0.2, -0.15) is 0 Å². The van der Waals surface area contributed by atoms with Crippen LogP contribution in [0.5, 0.6) is 5.88 Å². The number of piperidine rings is 1. The number of amides is 1. The SMILES string of the molecule is COc1nc(-c2cccc(-c3cccc(Nc4nc(C)cc5c4c(=O)n(C)c(=O)n5C)c3Cl)c2Cl)cc2c1[C@@H](N1CC[C@]3(CCCC(=O)N3)C1)CC2. The van der Waals surface area contributed by atoms with E-state index >= 15 is 0 Å². The first-order valence-corrected chi connectivity index (χ1v) is 18.3. The van der Waals surface area contributed by atoms with Crippen molar-refractivity contribution in [2.45, 2.75) is 57.0 Å². The van der Waals surface area contributed by atoms with Gasteiger partial charge in [0.1, 0.15) is 11.2 Å². The molecular weight excluding hydrogens is 701 g/mol. The molecule has 3 aliphatic rings. The van der Waals surface area contributed by atoms with Crippen LogP contribution in [0.15, 0.2) is 58.1 Å². The number of aryl methyl sites for hydroxylation is 3. The Kier molecular flexibility index (Phi) is 8.63. The predicted octanol–water partition coefficient (Wildman–Crippen LogP) is 6.46. The van der Waals surface area contributed by atoms with E-state index in [4.69, 9.17) is 32.9 Å². The van der Waals surface area contributed by atoms with Crippen LogP contribution in [0.2, 0.25) is 10.0 Å². The van der Waals surface area contributed by atoms with Gasteiger partial charge >= 0.3 is 5.69 Å². The highest BCUT2D eigenvalue weighted by molar-refractivity contribution is 6.39. The summed E-state index contributed by atoms with van der Waals surface area (Å²) < 4.78 is 8.45. The molecule has 0 saturated carbocycles. The maximum atomic E-state index is 13.3. The van der Waals surface area contributed by atoms with Crippen LogP contribution in [-0.2, 0) is 25.3 Å². The molecule has 1 aliphatic carbocycles. The minimum absolute atomic E-state index is 0.137. The zero-order chi connectivity index (χ0) is 36.5. The number of hydrogen-bond donors (Lipinski definition) is 2. The van der Waals surface area contributed by atoms with Crippen molar-refractivity contribution >= 4 is 51.5 Å². The van der Waals surface area contributed by atoms with Gasteiger partial charge in [-0.1, -0.05) is 53.5 Å². The number of likely N-dealkylation sites (tertiary alicyclic amines) is 1. The average Bonchev–Trinajstić information content (AvgIpc) is 3.74. The third-order valence-corrected chi connectivity index (χ3v) is 11.8. The van der Waals surface area contributed by atoms with Crippen LogP contribution < -0.4 is 26.6 Å². The fourth-order valence-corrected chi connectivity index (χ4v) is 9.03. The van der Waals surface area contributed by atoms with Gasteiger partial charge in [0.05, 0.1) is 39.6 Å². The second-order valence-electron chi connectivity index (χ2n) is 14.2. The number of benzene rings is 2. The predicted molar refractivity (Wildman–Crippen MR) is 204 cm³/mol. The number of nitrogens with one attached hydrogen (secondary N) is 2. The van der Waals surface area contributed by atoms with Crippen LogP contribution in [0.25, 0.3) is 33.3 Å². The second-order valence-corrected chi connectivity index (χ2v) is 15.0. The molecule has 2 aromatic carbocycles. The third kappa shape index (κ3) is 5.66. The van der Waals surface area contributed by atoms with E-state index in [-0.39, 0.29) is 22.9 Å². The topological polar surface area (TPSA) is 123 Å². The van der Waals surface area contributed by atoms with Crippen molar-refractivity contribution in [3.63, 3.8) is 0 Å². The van der Waals surface area contributed by atoms with Gasteiger partial charge in [-0.25, -0.2) is 14.8 Å². The first-order chi connectivity index (χ1) is 25.0. The Morgan fingerprint density at radius 3 is 2.46 bits per heavy atom. The summed E-state index contributed by atoms with van der Waals surface area (Å²) in [6.45, 7) is 3.56. The Morgan fingerprint density at radius 2 is 1.69 bits per heavy atom. The number of rotatable bonds is 6. The number of pyridine rings is 2. The van der Waals surface area contributed by atoms with E-state index in [1.165, 1.54) is 17.2 Å². The Morgan fingerprint density at radius 1 is 0.942 bits per heavy atom. The smallest absolute Gasteiger partial charge is 0.330 e. The van der Waals surface area contributed by atoms with Crippen molar-refractivity contribution in [2.24, 2.45) is 14.1 Å². The highest BCUT2D eigenvalue weighted by Crippen LogP contribution is 2.47. The van der Waals surface area contributed by atoms with E-state index in [0.29, 0.717) is 61.9 Å². The van der Waals surface area contributed by atoms with Crippen molar-refractivity contribution < 1.29 is 9.53 Å². The molecule has 1 spiro atoms. The Hall–Kier alpha value is -4.71. The first kappa shape index (κ1) is 34.4. The number of ether oxygens (including phenoxy) is 1. The number of methoxy groups -OCH3 is 1. The summed E-state index contributed by atoms with van der Waals surface area (Å²) in [5.41, 5.74) is 5.77. The fourth-order valence-electron chi connectivity index (χ4n) is 8.43. The van der Waals surface area contributed by atoms with Crippen LogP contribution in [0.1, 0.15) is 55.0 Å². The minimum Gasteiger partial charge on any atom is -0.481 e. The molecule has 0 radical (unpaired) electrons. The molecule has 52 heavy (non-hydrogen) atoms. The van der Waals surface area contributed by atoms with Gasteiger partial charge in [0.2, 0.25) is 11.8 Å². The summed E-state index contributed by atoms with van der Waals surface area (Å²) in [6.07, 6.45) is 5.36. The quantitative estimate of drug-likeness (QED) is 0.204. The van der Waals surface area contributed by atoms with Gasteiger partial charge in [-0.05, 0) is 62.8 Å². The number of carbonyl (C=O) groups is 1. The van der Waals surface area contributed by atoms with Crippen molar-refractivity contribution in [1.29, 1.82) is 0 Å². The molecule has 268 valence electrons. The van der Waals surface area contributed by atoms with Gasteiger partial charge in [-0.15, -0.1) is 0 Å². The molecule has 1 amide bonds. The van der Waals surface area contributed by atoms with Gasteiger partial charge in [-0.3, -0.25) is 23.6 Å². The summed E-state index contributed by atoms with van der Waals surface area (Å²) in [5.74, 6) is 1.05. The standard InChI is InChI=1S/C39H39Cl2N7O4/c1-21-18-29-32(37(50)47(3)38(51)46(29)2)35(42-21)43-26-11-6-9-24(34(26)41)23-8-5-10-25(33(23)40)27-19-22-13-14-28(31(22)36(44-27)52-4)48-17-16-39(20-48)15-7-12-30(49)45-39/h5-6,8-11,18-19,28H,7,12-17,20H2,1-4H3,(H,42,43)(H,45,49)/t28-,39+/m0/s1. The highest BCUT2D eigenvalue weighted by atomic mass is 35.5. The molecule has 2 fully saturated rings. The van der Waals surface area contributed by atoms with Crippen LogP contribution in [0, 0.1) is 6.92 Å². The summed E-state index contributed by atoms with van der Waals surface area (Å²) >= 11 is 14.3. The van der Waals surface area contributed by atoms with Gasteiger partial charge in [0.15, 0.2) is 0 Å². The molecule has 2 atom stereocenters. The molecule has 5 aromatic rings. The first-order valence-electron chi connectivity index (χ1n) is 17.5. The van der Waals surface area contributed by atoms with Crippen molar-refractivity contribution in [3.05, 3.63) is 96.2 Å². The Bertz CT molecular complexity index is 2430. The normalized spacial score (nSPS) is 20.0. The van der Waals surface area contributed by atoms with Crippen molar-refractivity contribution in [2.75, 3.05) is 25.5 Å². The van der Waals surface area contributed by atoms with Gasteiger partial charge < -0.3 is 15.4 Å². The highest BCUT2D eigenvalue weighted by Gasteiger charge is 2.45. The molecule has 2 saturated heterocycles. The lowest BCUT2D eigenvalue weighted by Gasteiger charge is -2.35. The van der Waals surface area contributed by atoms with E-state index < -0.39 is 11.2 Å². The molecular formula is C39H39Cl2N7O4. The van der Waals surface area contributed by atoms with Gasteiger partial charge in [0.25, 0.3) is 5.56 Å². The number of aromatic nitrogens is 4. The number of nitrogens with zero attached hydrogens (tertiary/aromatic N) is 5. The maximum absolute atomic E-state index is 13.3. The van der Waals surface area contributed by atoms with Crippen LogP contribution in [0.3, 0.4) is 0 Å². The molecule has 0 unspecified atom stereocenters. The zero-order valence-electron chi connectivity index (χ0n) is 29.5. The number of carbonyl (C=O) groups excluding carboxylic acids is 1. The lowest BCUT2D eigenvalue weighted by molar-refractivity contribution is -0.125. The minimum atomic E-state index is -0.457. The maximum Gasteiger partial charge on any atom is 0.330 e. The summed E-state index contributed by atoms with van der Waals surface area (Å²) in [6, 6.07) is 15.4. The van der Waals surface area contributed by atoms with E-state index in [2.05, 4.69) is 26.6 Å². The molecule has 2 aliphatic heterocycles. The zero-order valence-corrected chi connectivity index (χ0v) is 31.0. The Balaban J connectivity index is 1.13.